The van der Waals surface area contributed by atoms with Crippen LogP contribution in [0.1, 0.15) is 11.1 Å². The normalized spacial score (nSPS) is 10.7. The van der Waals surface area contributed by atoms with Gasteiger partial charge in [-0.15, -0.1) is 0 Å². The van der Waals surface area contributed by atoms with Crippen molar-refractivity contribution in [2.45, 2.75) is 13.2 Å². The first kappa shape index (κ1) is 13.3. The monoisotopic (exact) mass is 282 g/mol. The Morgan fingerprint density at radius 2 is 1.95 bits per heavy atom. The Balaban J connectivity index is 1.96. The zero-order chi connectivity index (χ0) is 14.7. The van der Waals surface area contributed by atoms with Gasteiger partial charge in [-0.25, -0.2) is 4.98 Å². The van der Waals surface area contributed by atoms with E-state index in [1.165, 1.54) is 10.6 Å². The summed E-state index contributed by atoms with van der Waals surface area (Å²) in [4.78, 5) is 16.3. The van der Waals surface area contributed by atoms with Gasteiger partial charge < -0.3 is 9.84 Å². The second kappa shape index (κ2) is 5.76. The van der Waals surface area contributed by atoms with Crippen molar-refractivity contribution < 1.29 is 9.84 Å². The van der Waals surface area contributed by atoms with E-state index in [4.69, 9.17) is 9.84 Å². The van der Waals surface area contributed by atoms with Crippen LogP contribution in [0.25, 0.3) is 5.65 Å². The van der Waals surface area contributed by atoms with Crippen LogP contribution in [0.5, 0.6) is 5.75 Å². The third-order valence-electron chi connectivity index (χ3n) is 3.17. The third kappa shape index (κ3) is 2.64. The number of hydrogen-bond donors (Lipinski definition) is 1. The average Bonchev–Trinajstić information content (AvgIpc) is 2.54. The SMILES string of the molecule is O=c1c(CO)cnc2c(OCc3ccccc3)cccn12. The Labute approximate surface area is 121 Å². The Bertz CT molecular complexity index is 813. The van der Waals surface area contributed by atoms with Crippen molar-refractivity contribution in [2.75, 3.05) is 0 Å². The fourth-order valence-corrected chi connectivity index (χ4v) is 2.08. The maximum Gasteiger partial charge on any atom is 0.263 e. The predicted molar refractivity (Wildman–Crippen MR) is 78.2 cm³/mol. The molecule has 0 aliphatic rings. The van der Waals surface area contributed by atoms with Crippen molar-refractivity contribution >= 4 is 5.65 Å². The molecule has 0 aliphatic heterocycles. The molecular weight excluding hydrogens is 268 g/mol. The second-order valence-corrected chi connectivity index (χ2v) is 4.59. The number of aromatic nitrogens is 2. The molecule has 0 amide bonds. The fourth-order valence-electron chi connectivity index (χ4n) is 2.08. The van der Waals surface area contributed by atoms with Gasteiger partial charge in [-0.3, -0.25) is 9.20 Å². The van der Waals surface area contributed by atoms with Gasteiger partial charge in [0.1, 0.15) is 6.61 Å². The summed E-state index contributed by atoms with van der Waals surface area (Å²) in [6.45, 7) is 0.0714. The van der Waals surface area contributed by atoms with Crippen molar-refractivity contribution in [3.63, 3.8) is 0 Å². The van der Waals surface area contributed by atoms with Gasteiger partial charge in [0.25, 0.3) is 5.56 Å². The first-order chi connectivity index (χ1) is 10.3. The number of fused-ring (bicyclic) bond motifs is 1. The highest BCUT2D eigenvalue weighted by atomic mass is 16.5. The first-order valence-corrected chi connectivity index (χ1v) is 6.56. The van der Waals surface area contributed by atoms with Crippen LogP contribution in [0.15, 0.2) is 59.7 Å². The lowest BCUT2D eigenvalue weighted by Gasteiger charge is -2.09. The summed E-state index contributed by atoms with van der Waals surface area (Å²) in [5.41, 5.74) is 1.45. The molecule has 1 N–H and O–H groups in total. The summed E-state index contributed by atoms with van der Waals surface area (Å²) in [5.74, 6) is 0.531. The minimum absolute atomic E-state index is 0.257. The maximum absolute atomic E-state index is 12.1. The number of nitrogens with zero attached hydrogens (tertiary/aromatic N) is 2. The molecule has 2 aromatic heterocycles. The molecule has 0 bridgehead atoms. The van der Waals surface area contributed by atoms with Crippen molar-refractivity contribution in [3.8, 4) is 5.75 Å². The summed E-state index contributed by atoms with van der Waals surface area (Å²) in [5, 5.41) is 9.11. The molecule has 106 valence electrons. The smallest absolute Gasteiger partial charge is 0.263 e. The minimum atomic E-state index is -0.329. The van der Waals surface area contributed by atoms with Crippen LogP contribution in [0.4, 0.5) is 0 Å². The van der Waals surface area contributed by atoms with Crippen LogP contribution >= 0.6 is 0 Å². The molecule has 0 saturated carbocycles. The summed E-state index contributed by atoms with van der Waals surface area (Å²) in [6, 6.07) is 13.2. The number of benzene rings is 1. The predicted octanol–water partition coefficient (Wildman–Crippen LogP) is 1.77. The highest BCUT2D eigenvalue weighted by molar-refractivity contribution is 5.53. The van der Waals surface area contributed by atoms with Crippen molar-refractivity contribution in [1.29, 1.82) is 0 Å². The van der Waals surface area contributed by atoms with E-state index >= 15 is 0 Å². The molecule has 0 aliphatic carbocycles. The van der Waals surface area contributed by atoms with E-state index < -0.39 is 0 Å². The van der Waals surface area contributed by atoms with Crippen LogP contribution in [-0.4, -0.2) is 14.5 Å². The summed E-state index contributed by atoms with van der Waals surface area (Å²) < 4.78 is 7.13. The van der Waals surface area contributed by atoms with E-state index in [1.54, 1.807) is 18.3 Å². The quantitative estimate of drug-likeness (QED) is 0.792. The molecule has 0 saturated heterocycles. The van der Waals surface area contributed by atoms with E-state index in [0.717, 1.165) is 5.56 Å². The number of hydrogen-bond acceptors (Lipinski definition) is 4. The van der Waals surface area contributed by atoms with Crippen molar-refractivity contribution in [1.82, 2.24) is 9.38 Å². The van der Waals surface area contributed by atoms with E-state index in [-0.39, 0.29) is 17.7 Å². The molecule has 2 heterocycles. The molecular formula is C16H14N2O3. The number of ether oxygens (including phenoxy) is 1. The lowest BCUT2D eigenvalue weighted by molar-refractivity contribution is 0.279. The van der Waals surface area contributed by atoms with Crippen LogP contribution in [0.3, 0.4) is 0 Å². The molecule has 5 nitrogen and oxygen atoms in total. The minimum Gasteiger partial charge on any atom is -0.485 e. The Hall–Kier alpha value is -2.66. The average molecular weight is 282 g/mol. The molecule has 0 radical (unpaired) electrons. The van der Waals surface area contributed by atoms with E-state index in [0.29, 0.717) is 18.0 Å². The number of aliphatic hydroxyl groups is 1. The Morgan fingerprint density at radius 3 is 2.71 bits per heavy atom. The van der Waals surface area contributed by atoms with E-state index in [1.807, 2.05) is 30.3 Å². The molecule has 0 spiro atoms. The van der Waals surface area contributed by atoms with Crippen LogP contribution in [0, 0.1) is 0 Å². The van der Waals surface area contributed by atoms with Gasteiger partial charge in [0.2, 0.25) is 0 Å². The van der Waals surface area contributed by atoms with E-state index in [2.05, 4.69) is 4.98 Å². The van der Waals surface area contributed by atoms with Crippen LogP contribution < -0.4 is 10.3 Å². The highest BCUT2D eigenvalue weighted by Crippen LogP contribution is 2.17. The Kier molecular flexibility index (Phi) is 3.66. The molecule has 21 heavy (non-hydrogen) atoms. The molecule has 0 fully saturated rings. The maximum atomic E-state index is 12.1. The zero-order valence-electron chi connectivity index (χ0n) is 11.3. The van der Waals surface area contributed by atoms with Gasteiger partial charge in [-0.2, -0.15) is 0 Å². The summed E-state index contributed by atoms with van der Waals surface area (Å²) >= 11 is 0. The van der Waals surface area contributed by atoms with Gasteiger partial charge in [0.15, 0.2) is 11.4 Å². The van der Waals surface area contributed by atoms with Gasteiger partial charge in [0.05, 0.1) is 12.2 Å². The first-order valence-electron chi connectivity index (χ1n) is 6.56. The van der Waals surface area contributed by atoms with Crippen molar-refractivity contribution in [2.24, 2.45) is 0 Å². The molecule has 5 heteroatoms. The molecule has 0 atom stereocenters. The molecule has 0 unspecified atom stereocenters. The topological polar surface area (TPSA) is 63.8 Å². The second-order valence-electron chi connectivity index (χ2n) is 4.59. The van der Waals surface area contributed by atoms with Gasteiger partial charge >= 0.3 is 0 Å². The van der Waals surface area contributed by atoms with Gasteiger partial charge in [0, 0.05) is 12.4 Å². The van der Waals surface area contributed by atoms with Crippen LogP contribution in [0.2, 0.25) is 0 Å². The third-order valence-corrected chi connectivity index (χ3v) is 3.17. The Morgan fingerprint density at radius 1 is 1.14 bits per heavy atom. The van der Waals surface area contributed by atoms with Crippen LogP contribution in [-0.2, 0) is 13.2 Å². The number of aliphatic hydroxyl groups excluding tert-OH is 1. The van der Waals surface area contributed by atoms with Crippen molar-refractivity contribution in [3.05, 3.63) is 76.3 Å². The molecule has 1 aromatic carbocycles. The fraction of sp³-hybridized carbons (Fsp3) is 0.125. The summed E-state index contributed by atoms with van der Waals surface area (Å²) in [7, 11) is 0. The standard InChI is InChI=1S/C16H14N2O3/c19-10-13-9-17-15-14(7-4-8-18(15)16(13)20)21-11-12-5-2-1-3-6-12/h1-9,19H,10-11H2. The molecule has 3 rings (SSSR count). The lowest BCUT2D eigenvalue weighted by Crippen LogP contribution is -2.19. The highest BCUT2D eigenvalue weighted by Gasteiger charge is 2.08. The lowest BCUT2D eigenvalue weighted by atomic mass is 10.2. The van der Waals surface area contributed by atoms with Gasteiger partial charge in [-0.05, 0) is 17.7 Å². The largest absolute Gasteiger partial charge is 0.485 e. The summed E-state index contributed by atoms with van der Waals surface area (Å²) in [6.07, 6.45) is 2.99. The number of rotatable bonds is 4. The number of pyridine rings is 1. The van der Waals surface area contributed by atoms with E-state index in [9.17, 15) is 4.79 Å². The molecule has 3 aromatic rings. The van der Waals surface area contributed by atoms with Gasteiger partial charge in [-0.1, -0.05) is 30.3 Å². The zero-order valence-corrected chi connectivity index (χ0v) is 11.3.